The molecule has 1 unspecified atom stereocenters. The molecule has 20 heavy (non-hydrogen) atoms. The first-order valence-corrected chi connectivity index (χ1v) is 6.10. The fourth-order valence-corrected chi connectivity index (χ4v) is 1.87. The van der Waals surface area contributed by atoms with Crippen molar-refractivity contribution >= 4 is 11.4 Å². The van der Waals surface area contributed by atoms with E-state index in [4.69, 9.17) is 0 Å². The highest BCUT2D eigenvalue weighted by atomic mass is 19.1. The molecule has 1 heterocycles. The molecule has 1 aromatic carbocycles. The first-order valence-electron chi connectivity index (χ1n) is 6.10. The second-order valence-electron chi connectivity index (χ2n) is 4.52. The summed E-state index contributed by atoms with van der Waals surface area (Å²) in [6, 6.07) is 7.44. The number of halogens is 1. The van der Waals surface area contributed by atoms with Crippen LogP contribution in [0.5, 0.6) is 0 Å². The lowest BCUT2D eigenvalue weighted by atomic mass is 10.1. The predicted octanol–water partition coefficient (Wildman–Crippen LogP) is 3.61. The fraction of sp³-hybridized carbons (Fsp3) is 0.214. The Morgan fingerprint density at radius 3 is 2.65 bits per heavy atom. The van der Waals surface area contributed by atoms with Gasteiger partial charge in [0.2, 0.25) is 0 Å². The second-order valence-corrected chi connectivity index (χ2v) is 4.52. The third kappa shape index (κ3) is 3.09. The van der Waals surface area contributed by atoms with Crippen molar-refractivity contribution in [2.75, 3.05) is 5.32 Å². The summed E-state index contributed by atoms with van der Waals surface area (Å²) < 4.78 is 12.8. The van der Waals surface area contributed by atoms with E-state index in [-0.39, 0.29) is 17.5 Å². The highest BCUT2D eigenvalue weighted by Gasteiger charge is 2.11. The van der Waals surface area contributed by atoms with Gasteiger partial charge >= 0.3 is 0 Å². The molecule has 0 saturated carbocycles. The molecule has 0 aliphatic carbocycles. The summed E-state index contributed by atoms with van der Waals surface area (Å²) in [4.78, 5) is 14.3. The lowest BCUT2D eigenvalue weighted by molar-refractivity contribution is -0.384. The van der Waals surface area contributed by atoms with Gasteiger partial charge in [-0.05, 0) is 37.6 Å². The number of anilines is 1. The van der Waals surface area contributed by atoms with E-state index in [9.17, 15) is 14.5 Å². The third-order valence-electron chi connectivity index (χ3n) is 2.99. The van der Waals surface area contributed by atoms with Gasteiger partial charge < -0.3 is 5.32 Å². The fourth-order valence-electron chi connectivity index (χ4n) is 1.87. The number of nitrogens with zero attached hydrogens (tertiary/aromatic N) is 2. The summed E-state index contributed by atoms with van der Waals surface area (Å²) in [7, 11) is 0. The molecule has 0 aliphatic heterocycles. The number of non-ortho nitro benzene ring substituents is 1. The molecule has 0 fully saturated rings. The van der Waals surface area contributed by atoms with Gasteiger partial charge in [-0.2, -0.15) is 0 Å². The summed E-state index contributed by atoms with van der Waals surface area (Å²) in [6.45, 7) is 3.68. The minimum Gasteiger partial charge on any atom is -0.377 e. The molecule has 0 bridgehead atoms. The van der Waals surface area contributed by atoms with E-state index in [0.29, 0.717) is 5.69 Å². The average Bonchev–Trinajstić information content (AvgIpc) is 2.41. The van der Waals surface area contributed by atoms with Gasteiger partial charge in [0.25, 0.3) is 5.69 Å². The molecule has 0 saturated heterocycles. The lowest BCUT2D eigenvalue weighted by Crippen LogP contribution is -2.09. The molecule has 104 valence electrons. The van der Waals surface area contributed by atoms with Crippen LogP contribution in [0.1, 0.15) is 24.2 Å². The molecule has 2 rings (SSSR count). The largest absolute Gasteiger partial charge is 0.377 e. The number of nitro benzene ring substituents is 1. The summed E-state index contributed by atoms with van der Waals surface area (Å²) in [5.41, 5.74) is 2.31. The number of aryl methyl sites for hydroxylation is 1. The van der Waals surface area contributed by atoms with Crippen LogP contribution in [-0.4, -0.2) is 9.91 Å². The minimum absolute atomic E-state index is 0.0561. The zero-order valence-electron chi connectivity index (χ0n) is 11.1. The van der Waals surface area contributed by atoms with Crippen LogP contribution < -0.4 is 5.32 Å². The maximum atomic E-state index is 12.8. The normalized spacial score (nSPS) is 11.9. The molecule has 0 radical (unpaired) electrons. The molecule has 0 spiro atoms. The first-order chi connectivity index (χ1) is 9.47. The Morgan fingerprint density at radius 2 is 2.10 bits per heavy atom. The predicted molar refractivity (Wildman–Crippen MR) is 74.1 cm³/mol. The van der Waals surface area contributed by atoms with Gasteiger partial charge in [-0.15, -0.1) is 0 Å². The Kier molecular flexibility index (Phi) is 3.93. The van der Waals surface area contributed by atoms with Gasteiger partial charge in [0.05, 0.1) is 22.9 Å². The number of rotatable bonds is 4. The van der Waals surface area contributed by atoms with Crippen molar-refractivity contribution in [3.63, 3.8) is 0 Å². The quantitative estimate of drug-likeness (QED) is 0.683. The van der Waals surface area contributed by atoms with Crippen molar-refractivity contribution in [3.8, 4) is 0 Å². The topological polar surface area (TPSA) is 68.1 Å². The number of aromatic nitrogens is 1. The van der Waals surface area contributed by atoms with E-state index in [2.05, 4.69) is 10.3 Å². The maximum absolute atomic E-state index is 12.8. The molecule has 6 heteroatoms. The maximum Gasteiger partial charge on any atom is 0.269 e. The summed E-state index contributed by atoms with van der Waals surface area (Å²) in [5.74, 6) is -0.382. The van der Waals surface area contributed by atoms with Crippen molar-refractivity contribution in [1.82, 2.24) is 4.98 Å². The molecule has 0 aliphatic rings. The molecule has 2 aromatic rings. The molecule has 1 N–H and O–H groups in total. The van der Waals surface area contributed by atoms with Crippen LogP contribution in [0.4, 0.5) is 15.8 Å². The van der Waals surface area contributed by atoms with Crippen molar-refractivity contribution in [2.24, 2.45) is 0 Å². The van der Waals surface area contributed by atoms with E-state index < -0.39 is 4.92 Å². The molecule has 1 atom stereocenters. The van der Waals surface area contributed by atoms with E-state index in [1.165, 1.54) is 18.2 Å². The van der Waals surface area contributed by atoms with Gasteiger partial charge in [0.1, 0.15) is 5.82 Å². The number of hydrogen-bond acceptors (Lipinski definition) is 4. The Hall–Kier alpha value is -2.50. The van der Waals surface area contributed by atoms with Gasteiger partial charge in [-0.3, -0.25) is 15.1 Å². The van der Waals surface area contributed by atoms with E-state index in [1.807, 2.05) is 6.92 Å². The number of nitrogens with one attached hydrogen (secondary N) is 1. The average molecular weight is 275 g/mol. The number of pyridine rings is 1. The Balaban J connectivity index is 2.17. The van der Waals surface area contributed by atoms with E-state index in [1.54, 1.807) is 19.1 Å². The molecule has 5 nitrogen and oxygen atoms in total. The van der Waals surface area contributed by atoms with Crippen LogP contribution in [0.2, 0.25) is 0 Å². The van der Waals surface area contributed by atoms with Gasteiger partial charge in [0.15, 0.2) is 0 Å². The standard InChI is InChI=1S/C14H14FN3O2/c1-9-7-12(18(19)20)4-6-13(9)17-10(2)14-5-3-11(15)8-16-14/h3-8,10,17H,1-2H3. The smallest absolute Gasteiger partial charge is 0.269 e. The van der Waals surface area contributed by atoms with Crippen LogP contribution in [0.3, 0.4) is 0 Å². The summed E-state index contributed by atoms with van der Waals surface area (Å²) >= 11 is 0. The summed E-state index contributed by atoms with van der Waals surface area (Å²) in [5, 5.41) is 13.9. The van der Waals surface area contributed by atoms with Crippen molar-refractivity contribution in [1.29, 1.82) is 0 Å². The number of hydrogen-bond donors (Lipinski definition) is 1. The Morgan fingerprint density at radius 1 is 1.35 bits per heavy atom. The van der Waals surface area contributed by atoms with Crippen LogP contribution in [0.25, 0.3) is 0 Å². The van der Waals surface area contributed by atoms with Crippen molar-refractivity contribution in [3.05, 3.63) is 63.7 Å². The number of benzene rings is 1. The van der Waals surface area contributed by atoms with Crippen LogP contribution in [-0.2, 0) is 0 Å². The highest BCUT2D eigenvalue weighted by molar-refractivity contribution is 5.56. The van der Waals surface area contributed by atoms with Crippen LogP contribution in [0, 0.1) is 22.9 Å². The monoisotopic (exact) mass is 275 g/mol. The molecule has 0 amide bonds. The lowest BCUT2D eigenvalue weighted by Gasteiger charge is -2.16. The van der Waals surface area contributed by atoms with Crippen molar-refractivity contribution < 1.29 is 9.31 Å². The van der Waals surface area contributed by atoms with Crippen molar-refractivity contribution in [2.45, 2.75) is 19.9 Å². The summed E-state index contributed by atoms with van der Waals surface area (Å²) in [6.07, 6.45) is 1.16. The zero-order valence-corrected chi connectivity index (χ0v) is 11.1. The Bertz CT molecular complexity index is 629. The number of nitro groups is 1. The molecular formula is C14H14FN3O2. The van der Waals surface area contributed by atoms with E-state index >= 15 is 0 Å². The van der Waals surface area contributed by atoms with Gasteiger partial charge in [-0.25, -0.2) is 4.39 Å². The van der Waals surface area contributed by atoms with Gasteiger partial charge in [0, 0.05) is 17.8 Å². The van der Waals surface area contributed by atoms with Gasteiger partial charge in [-0.1, -0.05) is 0 Å². The van der Waals surface area contributed by atoms with E-state index in [0.717, 1.165) is 17.4 Å². The van der Waals surface area contributed by atoms with Crippen LogP contribution >= 0.6 is 0 Å². The zero-order chi connectivity index (χ0) is 14.7. The third-order valence-corrected chi connectivity index (χ3v) is 2.99. The molecular weight excluding hydrogens is 261 g/mol. The first kappa shape index (κ1) is 13.9. The minimum atomic E-state index is -0.429. The SMILES string of the molecule is Cc1cc([N+](=O)[O-])ccc1NC(C)c1ccc(F)cn1. The molecule has 1 aromatic heterocycles. The van der Waals surface area contributed by atoms with Crippen LogP contribution in [0.15, 0.2) is 36.5 Å². The second kappa shape index (κ2) is 5.64. The highest BCUT2D eigenvalue weighted by Crippen LogP contribution is 2.24. The Labute approximate surface area is 115 Å².